The molecule has 0 aromatic heterocycles. The summed E-state index contributed by atoms with van der Waals surface area (Å²) in [7, 11) is 0. The van der Waals surface area contributed by atoms with E-state index in [4.69, 9.17) is 0 Å². The molecule has 1 aliphatic rings. The summed E-state index contributed by atoms with van der Waals surface area (Å²) in [4.78, 5) is 0. The summed E-state index contributed by atoms with van der Waals surface area (Å²) >= 11 is 0. The average Bonchev–Trinajstić information content (AvgIpc) is 2.27. The van der Waals surface area contributed by atoms with E-state index in [1.807, 2.05) is 13.8 Å². The summed E-state index contributed by atoms with van der Waals surface area (Å²) in [5, 5.41) is 13.1. The van der Waals surface area contributed by atoms with Crippen molar-refractivity contribution in [2.75, 3.05) is 6.54 Å². The Labute approximate surface area is 88.1 Å². The molecule has 0 bridgehead atoms. The molecule has 0 radical (unpaired) electrons. The number of rotatable bonds is 4. The topological polar surface area (TPSA) is 32.3 Å². The molecule has 1 fully saturated rings. The number of aliphatic hydroxyl groups is 1. The van der Waals surface area contributed by atoms with E-state index in [1.54, 1.807) is 0 Å². The fourth-order valence-corrected chi connectivity index (χ4v) is 2.19. The normalized spacial score (nSPS) is 26.8. The van der Waals surface area contributed by atoms with Crippen molar-refractivity contribution in [3.63, 3.8) is 0 Å². The Morgan fingerprint density at radius 1 is 1.43 bits per heavy atom. The van der Waals surface area contributed by atoms with Crippen molar-refractivity contribution >= 4 is 0 Å². The Morgan fingerprint density at radius 3 is 2.50 bits per heavy atom. The van der Waals surface area contributed by atoms with Crippen LogP contribution in [0.2, 0.25) is 0 Å². The first-order valence-electron chi connectivity index (χ1n) is 5.74. The summed E-state index contributed by atoms with van der Waals surface area (Å²) in [6.07, 6.45) is 4.73. The molecule has 14 heavy (non-hydrogen) atoms. The van der Waals surface area contributed by atoms with Gasteiger partial charge >= 0.3 is 0 Å². The third-order valence-electron chi connectivity index (χ3n) is 3.14. The van der Waals surface area contributed by atoms with Gasteiger partial charge in [0.25, 0.3) is 0 Å². The molecule has 0 spiro atoms. The highest BCUT2D eigenvalue weighted by molar-refractivity contribution is 4.86. The van der Waals surface area contributed by atoms with Crippen LogP contribution in [-0.4, -0.2) is 23.3 Å². The lowest BCUT2D eigenvalue weighted by molar-refractivity contribution is 0.0703. The van der Waals surface area contributed by atoms with E-state index in [0.29, 0.717) is 11.5 Å². The van der Waals surface area contributed by atoms with E-state index < -0.39 is 5.60 Å². The lowest BCUT2D eigenvalue weighted by atomic mass is 9.92. The van der Waals surface area contributed by atoms with Gasteiger partial charge in [0.05, 0.1) is 5.60 Å². The van der Waals surface area contributed by atoms with Crippen molar-refractivity contribution in [2.45, 2.75) is 65.0 Å². The van der Waals surface area contributed by atoms with Crippen LogP contribution in [0.25, 0.3) is 0 Å². The summed E-state index contributed by atoms with van der Waals surface area (Å²) < 4.78 is 0. The van der Waals surface area contributed by atoms with Crippen molar-refractivity contribution < 1.29 is 5.11 Å². The largest absolute Gasteiger partial charge is 0.390 e. The van der Waals surface area contributed by atoms with Crippen molar-refractivity contribution in [3.8, 4) is 0 Å². The van der Waals surface area contributed by atoms with E-state index in [9.17, 15) is 5.11 Å². The zero-order valence-electron chi connectivity index (χ0n) is 10.1. The fourth-order valence-electron chi connectivity index (χ4n) is 2.19. The van der Waals surface area contributed by atoms with Crippen molar-refractivity contribution in [1.82, 2.24) is 5.32 Å². The standard InChI is InChI=1S/C12H25NO/c1-11(2)6-5-10(9-11)13-8-7-12(3,4)14/h10,13-14H,5-9H2,1-4H3. The zero-order valence-corrected chi connectivity index (χ0v) is 10.1. The number of nitrogens with one attached hydrogen (secondary N) is 1. The van der Waals surface area contributed by atoms with Crippen LogP contribution in [0.15, 0.2) is 0 Å². The minimum absolute atomic E-state index is 0.520. The van der Waals surface area contributed by atoms with Gasteiger partial charge < -0.3 is 10.4 Å². The van der Waals surface area contributed by atoms with Crippen LogP contribution in [0.4, 0.5) is 0 Å². The van der Waals surface area contributed by atoms with E-state index in [0.717, 1.165) is 13.0 Å². The molecule has 0 heterocycles. The van der Waals surface area contributed by atoms with Gasteiger partial charge in [-0.3, -0.25) is 0 Å². The molecule has 0 saturated heterocycles. The monoisotopic (exact) mass is 199 g/mol. The highest BCUT2D eigenvalue weighted by Crippen LogP contribution is 2.36. The molecular formula is C12H25NO. The highest BCUT2D eigenvalue weighted by Gasteiger charge is 2.30. The summed E-state index contributed by atoms with van der Waals surface area (Å²) in [5.41, 5.74) is -0.00643. The van der Waals surface area contributed by atoms with Gasteiger partial charge in [0.1, 0.15) is 0 Å². The SMILES string of the molecule is CC(C)(O)CCNC1CCC(C)(C)C1. The Bertz CT molecular complexity index is 181. The second-order valence-corrected chi connectivity index (χ2v) is 6.12. The number of hydrogen-bond donors (Lipinski definition) is 2. The lowest BCUT2D eigenvalue weighted by Crippen LogP contribution is -2.32. The molecule has 1 atom stereocenters. The van der Waals surface area contributed by atoms with Gasteiger partial charge in [-0.15, -0.1) is 0 Å². The Balaban J connectivity index is 2.15. The van der Waals surface area contributed by atoms with Gasteiger partial charge in [-0.2, -0.15) is 0 Å². The quantitative estimate of drug-likeness (QED) is 0.728. The van der Waals surface area contributed by atoms with Gasteiger partial charge in [0.15, 0.2) is 0 Å². The predicted molar refractivity (Wildman–Crippen MR) is 60.3 cm³/mol. The molecule has 2 heteroatoms. The van der Waals surface area contributed by atoms with Gasteiger partial charge in [0, 0.05) is 6.04 Å². The van der Waals surface area contributed by atoms with Crippen LogP contribution in [0.3, 0.4) is 0 Å². The van der Waals surface area contributed by atoms with Gasteiger partial charge in [-0.25, -0.2) is 0 Å². The van der Waals surface area contributed by atoms with Crippen molar-refractivity contribution in [1.29, 1.82) is 0 Å². The first kappa shape index (κ1) is 12.0. The van der Waals surface area contributed by atoms with Crippen LogP contribution >= 0.6 is 0 Å². The second-order valence-electron chi connectivity index (χ2n) is 6.12. The Hall–Kier alpha value is -0.0800. The minimum atomic E-state index is -0.527. The average molecular weight is 199 g/mol. The molecule has 0 aromatic rings. The van der Waals surface area contributed by atoms with E-state index in [2.05, 4.69) is 19.2 Å². The second kappa shape index (κ2) is 4.19. The Kier molecular flexibility index (Phi) is 3.59. The van der Waals surface area contributed by atoms with E-state index >= 15 is 0 Å². The first-order valence-corrected chi connectivity index (χ1v) is 5.74. The molecule has 0 amide bonds. The van der Waals surface area contributed by atoms with Gasteiger partial charge in [0.2, 0.25) is 0 Å². The maximum atomic E-state index is 9.55. The lowest BCUT2D eigenvalue weighted by Gasteiger charge is -2.21. The maximum absolute atomic E-state index is 9.55. The molecule has 1 unspecified atom stereocenters. The molecule has 2 nitrogen and oxygen atoms in total. The van der Waals surface area contributed by atoms with Crippen molar-refractivity contribution in [3.05, 3.63) is 0 Å². The fraction of sp³-hybridized carbons (Fsp3) is 1.00. The third kappa shape index (κ3) is 4.43. The molecular weight excluding hydrogens is 174 g/mol. The molecule has 0 aliphatic heterocycles. The predicted octanol–water partition coefficient (Wildman–Crippen LogP) is 2.32. The molecule has 1 saturated carbocycles. The van der Waals surface area contributed by atoms with Crippen LogP contribution in [0.5, 0.6) is 0 Å². The summed E-state index contributed by atoms with van der Waals surface area (Å²) in [6, 6.07) is 0.673. The third-order valence-corrected chi connectivity index (χ3v) is 3.14. The molecule has 2 N–H and O–H groups in total. The maximum Gasteiger partial charge on any atom is 0.0603 e. The minimum Gasteiger partial charge on any atom is -0.390 e. The van der Waals surface area contributed by atoms with Crippen LogP contribution in [0.1, 0.15) is 53.4 Å². The van der Waals surface area contributed by atoms with Gasteiger partial charge in [-0.05, 0) is 51.5 Å². The molecule has 1 aliphatic carbocycles. The molecule has 1 rings (SSSR count). The van der Waals surface area contributed by atoms with E-state index in [1.165, 1.54) is 19.3 Å². The highest BCUT2D eigenvalue weighted by atomic mass is 16.3. The summed E-state index contributed by atoms with van der Waals surface area (Å²) in [5.74, 6) is 0. The summed E-state index contributed by atoms with van der Waals surface area (Å²) in [6.45, 7) is 9.35. The van der Waals surface area contributed by atoms with Crippen molar-refractivity contribution in [2.24, 2.45) is 5.41 Å². The molecule has 84 valence electrons. The molecule has 0 aromatic carbocycles. The first-order chi connectivity index (χ1) is 6.29. The van der Waals surface area contributed by atoms with Gasteiger partial charge in [-0.1, -0.05) is 13.8 Å². The smallest absolute Gasteiger partial charge is 0.0603 e. The van der Waals surface area contributed by atoms with Crippen LogP contribution in [-0.2, 0) is 0 Å². The van der Waals surface area contributed by atoms with Crippen LogP contribution in [0, 0.1) is 5.41 Å². The Morgan fingerprint density at radius 2 is 2.07 bits per heavy atom. The van der Waals surface area contributed by atoms with Crippen LogP contribution < -0.4 is 5.32 Å². The van der Waals surface area contributed by atoms with E-state index in [-0.39, 0.29) is 0 Å². The number of hydrogen-bond acceptors (Lipinski definition) is 2. The zero-order chi connectivity index (χ0) is 10.8.